The summed E-state index contributed by atoms with van der Waals surface area (Å²) < 4.78 is 8.12. The summed E-state index contributed by atoms with van der Waals surface area (Å²) in [5.41, 5.74) is 0. The van der Waals surface area contributed by atoms with Crippen LogP contribution in [0, 0.1) is 0 Å². The van der Waals surface area contributed by atoms with Crippen LogP contribution in [0.5, 0.6) is 0 Å². The molecule has 0 bridgehead atoms. The van der Waals surface area contributed by atoms with Gasteiger partial charge in [0.15, 0.2) is 0 Å². The molecular formula is CoCrOPt. The Bertz CT molecular complexity index is 8.00. The molecule has 0 heterocycles. The van der Waals surface area contributed by atoms with Gasteiger partial charge >= 0.3 is 20.0 Å². The van der Waals surface area contributed by atoms with Crippen molar-refractivity contribution in [1.29, 1.82) is 0 Å². The molecule has 0 saturated carbocycles. The minimum absolute atomic E-state index is 0. The van der Waals surface area contributed by atoms with Crippen molar-refractivity contribution in [2.75, 3.05) is 0 Å². The molecule has 0 amide bonds. The van der Waals surface area contributed by atoms with E-state index in [4.69, 9.17) is 3.80 Å². The molecule has 0 aromatic rings. The maximum atomic E-state index is 8.12. The fraction of sp³-hybridized carbons (Fsp3) is 0. The zero-order valence-electron chi connectivity index (χ0n) is 1.47. The largest absolute Gasteiger partial charge is 0 e. The average Bonchev–Trinajstić information content (AvgIpc) is 1.00. The first-order chi connectivity index (χ1) is 1.00. The Kier molecular flexibility index (Phi) is 107. The third-order valence-electron chi connectivity index (χ3n) is 0. The molecule has 0 saturated heterocycles. The van der Waals surface area contributed by atoms with Crippen LogP contribution in [0.3, 0.4) is 0 Å². The second kappa shape index (κ2) is 24.1. The molecule has 0 rings (SSSR count). The van der Waals surface area contributed by atoms with Crippen LogP contribution in [-0.4, -0.2) is 0 Å². The molecule has 1 nitrogen and oxygen atoms in total. The van der Waals surface area contributed by atoms with Crippen molar-refractivity contribution in [3.05, 3.63) is 0 Å². The van der Waals surface area contributed by atoms with Crippen molar-refractivity contribution >= 4 is 0 Å². The van der Waals surface area contributed by atoms with Gasteiger partial charge in [-0.15, -0.1) is 0 Å². The maximum Gasteiger partial charge on any atom is 0 e. The van der Waals surface area contributed by atoms with Gasteiger partial charge in [-0.05, 0) is 0 Å². The van der Waals surface area contributed by atoms with Crippen LogP contribution >= 0.6 is 0 Å². The van der Waals surface area contributed by atoms with Crippen molar-refractivity contribution in [1.82, 2.24) is 0 Å². The normalized spacial score (nSPS) is 1.00. The molecule has 4 heavy (non-hydrogen) atoms. The third-order valence-corrected chi connectivity index (χ3v) is 0. The van der Waals surface area contributed by atoms with Crippen molar-refractivity contribution in [2.45, 2.75) is 0 Å². The van der Waals surface area contributed by atoms with E-state index in [1.165, 1.54) is 16.2 Å². The smallest absolute Gasteiger partial charge is 0 e. The summed E-state index contributed by atoms with van der Waals surface area (Å²) in [6.45, 7) is 0. The van der Waals surface area contributed by atoms with Gasteiger partial charge in [-0.3, -0.25) is 0 Å². The second-order valence-corrected chi connectivity index (χ2v) is 0. The summed E-state index contributed by atoms with van der Waals surface area (Å²) in [7, 11) is 0. The Labute approximate surface area is 57.6 Å². The van der Waals surface area contributed by atoms with Gasteiger partial charge in [0.2, 0.25) is 0 Å². The van der Waals surface area contributed by atoms with Crippen LogP contribution in [0.4, 0.5) is 0 Å². The van der Waals surface area contributed by atoms with Gasteiger partial charge in [-0.2, -0.15) is 0 Å². The molecule has 0 aromatic carbocycles. The average molecular weight is 322 g/mol. The zero-order valence-corrected chi connectivity index (χ0v) is 6.05. The van der Waals surface area contributed by atoms with Crippen molar-refractivity contribution in [2.24, 2.45) is 0 Å². The molecule has 31 valence electrons. The summed E-state index contributed by atoms with van der Waals surface area (Å²) >= 11 is 1.38. The van der Waals surface area contributed by atoms with Crippen molar-refractivity contribution in [3.63, 3.8) is 0 Å². The molecule has 0 spiro atoms. The molecule has 0 aliphatic rings. The van der Waals surface area contributed by atoms with Crippen LogP contribution in [0.25, 0.3) is 0 Å². The predicted octanol–water partition coefficient (Wildman–Crippen LogP) is -0.126. The van der Waals surface area contributed by atoms with E-state index in [1.54, 1.807) is 0 Å². The minimum Gasteiger partial charge on any atom is 0 e. The van der Waals surface area contributed by atoms with Gasteiger partial charge in [0.05, 0.1) is 0 Å². The monoisotopic (exact) mass is 322 g/mol. The van der Waals surface area contributed by atoms with E-state index < -0.39 is 0 Å². The van der Waals surface area contributed by atoms with E-state index in [0.29, 0.717) is 0 Å². The predicted molar refractivity (Wildman–Crippen MR) is 0.686 cm³/mol. The topological polar surface area (TPSA) is 17.1 Å². The van der Waals surface area contributed by atoms with Crippen molar-refractivity contribution in [3.8, 4) is 0 Å². The van der Waals surface area contributed by atoms with Gasteiger partial charge in [0.1, 0.15) is 0 Å². The maximum absolute atomic E-state index is 8.12. The fourth-order valence-corrected chi connectivity index (χ4v) is 0. The van der Waals surface area contributed by atoms with Gasteiger partial charge in [0.25, 0.3) is 0 Å². The van der Waals surface area contributed by atoms with E-state index in [-0.39, 0.29) is 37.8 Å². The van der Waals surface area contributed by atoms with Gasteiger partial charge < -0.3 is 0 Å². The first-order valence-corrected chi connectivity index (χ1v) is 0.687. The second-order valence-electron chi connectivity index (χ2n) is 0. The molecule has 0 fully saturated rings. The number of rotatable bonds is 0. The first kappa shape index (κ1) is 17.7. The first-order valence-electron chi connectivity index (χ1n) is 0.167. The van der Waals surface area contributed by atoms with Crippen molar-refractivity contribution < 1.29 is 57.9 Å². The molecule has 0 unspecified atom stereocenters. The van der Waals surface area contributed by atoms with Crippen LogP contribution in [0.15, 0.2) is 0 Å². The molecular weight excluding hydrogens is 322 g/mol. The summed E-state index contributed by atoms with van der Waals surface area (Å²) in [5, 5.41) is 0. The Morgan fingerprint density at radius 1 is 1.25 bits per heavy atom. The Hall–Kier alpha value is 1.53. The van der Waals surface area contributed by atoms with E-state index in [0.717, 1.165) is 0 Å². The summed E-state index contributed by atoms with van der Waals surface area (Å²) in [5.74, 6) is 0. The third kappa shape index (κ3) is 9.66. The van der Waals surface area contributed by atoms with E-state index in [2.05, 4.69) is 0 Å². The van der Waals surface area contributed by atoms with Crippen LogP contribution in [0.1, 0.15) is 0 Å². The SMILES string of the molecule is [Co].[O]=[Cr].[Pt]. The zero-order chi connectivity index (χ0) is 2.00. The summed E-state index contributed by atoms with van der Waals surface area (Å²) in [6.07, 6.45) is 0. The van der Waals surface area contributed by atoms with Crippen LogP contribution in [-0.2, 0) is 57.9 Å². The van der Waals surface area contributed by atoms with Gasteiger partial charge in [-0.25, -0.2) is 0 Å². The molecule has 0 aliphatic heterocycles. The standard InChI is InChI=1S/Co.Cr.O.Pt. The van der Waals surface area contributed by atoms with Gasteiger partial charge in [0, 0.05) is 37.8 Å². The Balaban J connectivity index is -0.00000000500. The van der Waals surface area contributed by atoms with E-state index >= 15 is 0 Å². The molecule has 0 N–H and O–H groups in total. The molecule has 1 radical (unpaired) electrons. The quantitative estimate of drug-likeness (QED) is 0.608. The molecule has 0 aromatic heterocycles. The van der Waals surface area contributed by atoms with E-state index in [1.807, 2.05) is 0 Å². The number of hydrogen-bond donors (Lipinski definition) is 0. The molecule has 0 atom stereocenters. The minimum atomic E-state index is 0. The molecule has 0 aliphatic carbocycles. The van der Waals surface area contributed by atoms with Gasteiger partial charge in [-0.1, -0.05) is 0 Å². The summed E-state index contributed by atoms with van der Waals surface area (Å²) in [6, 6.07) is 0. The molecule has 4 heteroatoms. The number of hydrogen-bond acceptors (Lipinski definition) is 1. The van der Waals surface area contributed by atoms with Crippen LogP contribution in [0.2, 0.25) is 0 Å². The van der Waals surface area contributed by atoms with Crippen LogP contribution < -0.4 is 0 Å². The fourth-order valence-electron chi connectivity index (χ4n) is 0. The Morgan fingerprint density at radius 2 is 1.25 bits per heavy atom. The van der Waals surface area contributed by atoms with E-state index in [9.17, 15) is 0 Å². The Morgan fingerprint density at radius 3 is 1.25 bits per heavy atom. The summed E-state index contributed by atoms with van der Waals surface area (Å²) in [4.78, 5) is 0.